The van der Waals surface area contributed by atoms with Crippen LogP contribution in [0.15, 0.2) is 24.3 Å². The number of amides is 1. The fourth-order valence-corrected chi connectivity index (χ4v) is 3.41. The second-order valence-corrected chi connectivity index (χ2v) is 6.91. The lowest BCUT2D eigenvalue weighted by molar-refractivity contribution is -0.133. The molecule has 1 fully saturated rings. The SMILES string of the molecule is CC(C)COC(=O)N(C)[C@]1(c2ccccc2Cl)CCCCC1=O. The van der Waals surface area contributed by atoms with Gasteiger partial charge in [-0.15, -0.1) is 0 Å². The zero-order valence-corrected chi connectivity index (χ0v) is 14.7. The number of halogens is 1. The van der Waals surface area contributed by atoms with Gasteiger partial charge in [-0.05, 0) is 31.2 Å². The van der Waals surface area contributed by atoms with Gasteiger partial charge in [-0.3, -0.25) is 9.69 Å². The van der Waals surface area contributed by atoms with E-state index in [9.17, 15) is 9.59 Å². The predicted molar refractivity (Wildman–Crippen MR) is 90.6 cm³/mol. The molecule has 0 aromatic heterocycles. The molecule has 0 radical (unpaired) electrons. The van der Waals surface area contributed by atoms with Crippen LogP contribution in [0.25, 0.3) is 0 Å². The molecule has 1 aliphatic rings. The van der Waals surface area contributed by atoms with Crippen LogP contribution >= 0.6 is 11.6 Å². The summed E-state index contributed by atoms with van der Waals surface area (Å²) in [5, 5.41) is 0.506. The van der Waals surface area contributed by atoms with Gasteiger partial charge in [0.15, 0.2) is 5.78 Å². The highest BCUT2D eigenvalue weighted by Gasteiger charge is 2.48. The fourth-order valence-electron chi connectivity index (χ4n) is 3.12. The third-order valence-electron chi connectivity index (χ3n) is 4.36. The molecule has 0 saturated heterocycles. The van der Waals surface area contributed by atoms with E-state index in [4.69, 9.17) is 16.3 Å². The van der Waals surface area contributed by atoms with Crippen LogP contribution in [0.5, 0.6) is 0 Å². The molecule has 1 aromatic rings. The van der Waals surface area contributed by atoms with Crippen molar-refractivity contribution in [3.8, 4) is 0 Å². The van der Waals surface area contributed by atoms with Crippen molar-refractivity contribution in [2.75, 3.05) is 13.7 Å². The van der Waals surface area contributed by atoms with Crippen LogP contribution in [0, 0.1) is 5.92 Å². The highest BCUT2D eigenvalue weighted by Crippen LogP contribution is 2.42. The first kappa shape index (κ1) is 17.8. The summed E-state index contributed by atoms with van der Waals surface area (Å²) in [5.41, 5.74) is -0.333. The number of nitrogens with zero attached hydrogens (tertiary/aromatic N) is 1. The average molecular weight is 338 g/mol. The van der Waals surface area contributed by atoms with Gasteiger partial charge in [0, 0.05) is 24.1 Å². The summed E-state index contributed by atoms with van der Waals surface area (Å²) in [6, 6.07) is 7.26. The topological polar surface area (TPSA) is 46.6 Å². The Kier molecular flexibility index (Phi) is 5.69. The molecule has 126 valence electrons. The Morgan fingerprint density at radius 2 is 2.04 bits per heavy atom. The average Bonchev–Trinajstić information content (AvgIpc) is 2.53. The molecule has 4 nitrogen and oxygen atoms in total. The molecule has 1 aromatic carbocycles. The van der Waals surface area contributed by atoms with Gasteiger partial charge in [-0.2, -0.15) is 0 Å². The molecule has 0 N–H and O–H groups in total. The minimum absolute atomic E-state index is 0.0286. The zero-order chi connectivity index (χ0) is 17.0. The van der Waals surface area contributed by atoms with Crippen LogP contribution < -0.4 is 0 Å². The Labute approximate surface area is 142 Å². The van der Waals surface area contributed by atoms with Crippen molar-refractivity contribution < 1.29 is 14.3 Å². The maximum absolute atomic E-state index is 12.8. The number of benzene rings is 1. The number of hydrogen-bond donors (Lipinski definition) is 0. The highest BCUT2D eigenvalue weighted by molar-refractivity contribution is 6.31. The molecule has 1 aliphatic carbocycles. The summed E-state index contributed by atoms with van der Waals surface area (Å²) in [6.07, 6.45) is 2.27. The Bertz CT molecular complexity index is 587. The van der Waals surface area contributed by atoms with Gasteiger partial charge in [-0.1, -0.05) is 43.6 Å². The Morgan fingerprint density at radius 3 is 2.65 bits per heavy atom. The van der Waals surface area contributed by atoms with Gasteiger partial charge < -0.3 is 4.74 Å². The quantitative estimate of drug-likeness (QED) is 0.818. The third-order valence-corrected chi connectivity index (χ3v) is 4.69. The van der Waals surface area contributed by atoms with Crippen LogP contribution in [-0.4, -0.2) is 30.4 Å². The van der Waals surface area contributed by atoms with Crippen LogP contribution in [0.1, 0.15) is 45.1 Å². The lowest BCUT2D eigenvalue weighted by atomic mass is 9.74. The summed E-state index contributed by atoms with van der Waals surface area (Å²) >= 11 is 6.36. The van der Waals surface area contributed by atoms with Crippen LogP contribution in [0.2, 0.25) is 5.02 Å². The van der Waals surface area contributed by atoms with Crippen molar-refractivity contribution in [2.45, 2.75) is 45.1 Å². The molecule has 0 bridgehead atoms. The fraction of sp³-hybridized carbons (Fsp3) is 0.556. The molecule has 0 heterocycles. The second-order valence-electron chi connectivity index (χ2n) is 6.50. The molecule has 1 atom stereocenters. The zero-order valence-electron chi connectivity index (χ0n) is 14.0. The van der Waals surface area contributed by atoms with Crippen LogP contribution in [0.4, 0.5) is 4.79 Å². The number of rotatable bonds is 4. The third kappa shape index (κ3) is 3.52. The van der Waals surface area contributed by atoms with Crippen molar-refractivity contribution in [3.63, 3.8) is 0 Å². The van der Waals surface area contributed by atoms with Crippen molar-refractivity contribution in [3.05, 3.63) is 34.9 Å². The predicted octanol–water partition coefficient (Wildman–Crippen LogP) is 4.40. The lowest BCUT2D eigenvalue weighted by Gasteiger charge is -2.43. The van der Waals surface area contributed by atoms with Crippen molar-refractivity contribution >= 4 is 23.5 Å². The molecule has 0 unspecified atom stereocenters. The minimum atomic E-state index is -1.02. The molecule has 1 saturated carbocycles. The first-order chi connectivity index (χ1) is 10.9. The van der Waals surface area contributed by atoms with E-state index in [0.29, 0.717) is 30.0 Å². The molecule has 1 amide bonds. The van der Waals surface area contributed by atoms with E-state index in [2.05, 4.69) is 0 Å². The van der Waals surface area contributed by atoms with Gasteiger partial charge in [-0.25, -0.2) is 4.79 Å². The second kappa shape index (κ2) is 7.35. The molecule has 23 heavy (non-hydrogen) atoms. The first-order valence-electron chi connectivity index (χ1n) is 8.08. The molecule has 5 heteroatoms. The number of carbonyl (C=O) groups is 2. The summed E-state index contributed by atoms with van der Waals surface area (Å²) < 4.78 is 5.34. The molecular weight excluding hydrogens is 314 g/mol. The molecular formula is C18H24ClNO3. The summed E-state index contributed by atoms with van der Waals surface area (Å²) in [6.45, 7) is 4.28. The normalized spacial score (nSPS) is 21.3. The number of hydrogen-bond acceptors (Lipinski definition) is 3. The Hall–Kier alpha value is -1.55. The standard InChI is InChI=1S/C18H24ClNO3/c1-13(2)12-23-17(22)20(3)18(11-7-6-10-16(18)21)14-8-4-5-9-15(14)19/h4-5,8-9,13H,6-7,10-12H2,1-3H3/t18-/m0/s1. The van der Waals surface area contributed by atoms with Gasteiger partial charge >= 0.3 is 6.09 Å². The van der Waals surface area contributed by atoms with Gasteiger partial charge in [0.2, 0.25) is 0 Å². The first-order valence-corrected chi connectivity index (χ1v) is 8.46. The Balaban J connectivity index is 2.40. The maximum Gasteiger partial charge on any atom is 0.410 e. The highest BCUT2D eigenvalue weighted by atomic mass is 35.5. The van der Waals surface area contributed by atoms with E-state index in [1.807, 2.05) is 32.0 Å². The number of likely N-dealkylation sites (N-methyl/N-ethyl adjacent to an activating group) is 1. The van der Waals surface area contributed by atoms with Crippen LogP contribution in [-0.2, 0) is 15.1 Å². The molecule has 2 rings (SSSR count). The van der Waals surface area contributed by atoms with Gasteiger partial charge in [0.05, 0.1) is 6.61 Å². The van der Waals surface area contributed by atoms with Crippen molar-refractivity contribution in [1.29, 1.82) is 0 Å². The van der Waals surface area contributed by atoms with E-state index in [-0.39, 0.29) is 11.7 Å². The molecule has 0 aliphatic heterocycles. The maximum atomic E-state index is 12.8. The van der Waals surface area contributed by atoms with Crippen molar-refractivity contribution in [2.24, 2.45) is 5.92 Å². The summed E-state index contributed by atoms with van der Waals surface area (Å²) in [5.74, 6) is 0.270. The Morgan fingerprint density at radius 1 is 1.35 bits per heavy atom. The minimum Gasteiger partial charge on any atom is -0.449 e. The van der Waals surface area contributed by atoms with Crippen molar-refractivity contribution in [1.82, 2.24) is 4.90 Å². The lowest BCUT2D eigenvalue weighted by Crippen LogP contribution is -2.54. The smallest absolute Gasteiger partial charge is 0.410 e. The van der Waals surface area contributed by atoms with E-state index in [0.717, 1.165) is 12.8 Å². The largest absolute Gasteiger partial charge is 0.449 e. The summed E-state index contributed by atoms with van der Waals surface area (Å²) in [4.78, 5) is 26.8. The van der Waals surface area contributed by atoms with Gasteiger partial charge in [0.25, 0.3) is 0 Å². The van der Waals surface area contributed by atoms with E-state index >= 15 is 0 Å². The number of Topliss-reactive ketones (excluding diaryl/α,β-unsaturated/α-hetero) is 1. The number of ketones is 1. The summed E-state index contributed by atoms with van der Waals surface area (Å²) in [7, 11) is 1.63. The monoisotopic (exact) mass is 337 g/mol. The van der Waals surface area contributed by atoms with Crippen LogP contribution in [0.3, 0.4) is 0 Å². The number of ether oxygens (including phenoxy) is 1. The van der Waals surface area contributed by atoms with E-state index in [1.54, 1.807) is 13.1 Å². The van der Waals surface area contributed by atoms with Gasteiger partial charge in [0.1, 0.15) is 5.54 Å². The number of carbonyl (C=O) groups excluding carboxylic acids is 2. The van der Waals surface area contributed by atoms with E-state index < -0.39 is 11.6 Å². The molecule has 0 spiro atoms. The van der Waals surface area contributed by atoms with E-state index in [1.165, 1.54) is 4.90 Å².